The fourth-order valence-electron chi connectivity index (χ4n) is 1.03. The number of rotatable bonds is 1. The first-order valence-corrected chi connectivity index (χ1v) is 3.47. The molecule has 0 aromatic rings. The van der Waals surface area contributed by atoms with E-state index >= 15 is 0 Å². The van der Waals surface area contributed by atoms with Crippen molar-refractivity contribution in [3.63, 3.8) is 0 Å². The lowest BCUT2D eigenvalue weighted by atomic mass is 9.92. The average Bonchev–Trinajstić information content (AvgIpc) is 2.03. The van der Waals surface area contributed by atoms with Crippen molar-refractivity contribution >= 4 is 17.5 Å². The van der Waals surface area contributed by atoms with Gasteiger partial charge in [0.1, 0.15) is 0 Å². The maximum absolute atomic E-state index is 11.0. The van der Waals surface area contributed by atoms with Gasteiger partial charge in [0.2, 0.25) is 0 Å². The van der Waals surface area contributed by atoms with E-state index in [9.17, 15) is 14.4 Å². The van der Waals surface area contributed by atoms with Crippen LogP contribution in [0.2, 0.25) is 0 Å². The Morgan fingerprint density at radius 3 is 2.75 bits per heavy atom. The van der Waals surface area contributed by atoms with Gasteiger partial charge in [0, 0.05) is 6.42 Å². The molecule has 1 aliphatic carbocycles. The van der Waals surface area contributed by atoms with Crippen molar-refractivity contribution in [1.29, 1.82) is 0 Å². The third-order valence-corrected chi connectivity index (χ3v) is 1.64. The molecule has 1 atom stereocenters. The molecule has 0 amide bonds. The third-order valence-electron chi connectivity index (χ3n) is 1.64. The summed E-state index contributed by atoms with van der Waals surface area (Å²) in [4.78, 5) is 32.9. The third kappa shape index (κ3) is 1.42. The molecule has 0 radical (unpaired) electrons. The predicted molar refractivity (Wildman–Crippen MR) is 39.3 cm³/mol. The summed E-state index contributed by atoms with van der Waals surface area (Å²) in [5.41, 5.74) is 0. The van der Waals surface area contributed by atoms with Crippen LogP contribution in [0.15, 0.2) is 12.2 Å². The number of hydrogen-bond acceptors (Lipinski definition) is 4. The van der Waals surface area contributed by atoms with Crippen LogP contribution in [0.3, 0.4) is 0 Å². The zero-order valence-electron chi connectivity index (χ0n) is 6.57. The smallest absolute Gasteiger partial charge is 0.324 e. The zero-order valence-corrected chi connectivity index (χ0v) is 6.57. The number of hydrogen-bond donors (Lipinski definition) is 0. The molecule has 1 rings (SSSR count). The van der Waals surface area contributed by atoms with Gasteiger partial charge in [-0.1, -0.05) is 6.08 Å². The Kier molecular flexibility index (Phi) is 2.38. The van der Waals surface area contributed by atoms with E-state index in [1.807, 2.05) is 0 Å². The van der Waals surface area contributed by atoms with E-state index in [1.165, 1.54) is 12.2 Å². The first-order valence-electron chi connectivity index (χ1n) is 3.47. The average molecular weight is 168 g/mol. The Hall–Kier alpha value is -1.45. The number of ether oxygens (including phenoxy) is 1. The summed E-state index contributed by atoms with van der Waals surface area (Å²) in [6.45, 7) is 0. The van der Waals surface area contributed by atoms with E-state index < -0.39 is 23.5 Å². The summed E-state index contributed by atoms with van der Waals surface area (Å²) >= 11 is 0. The van der Waals surface area contributed by atoms with E-state index in [2.05, 4.69) is 4.74 Å². The molecule has 0 heterocycles. The van der Waals surface area contributed by atoms with Crippen LogP contribution in [-0.2, 0) is 19.1 Å². The lowest BCUT2D eigenvalue weighted by Crippen LogP contribution is -2.33. The van der Waals surface area contributed by atoms with Crippen LogP contribution in [0, 0.1) is 5.92 Å². The first kappa shape index (κ1) is 8.64. The van der Waals surface area contributed by atoms with E-state index in [0.29, 0.717) is 0 Å². The zero-order chi connectivity index (χ0) is 9.14. The van der Waals surface area contributed by atoms with Gasteiger partial charge in [-0.2, -0.15) is 0 Å². The molecule has 0 aliphatic heterocycles. The Morgan fingerprint density at radius 1 is 1.58 bits per heavy atom. The van der Waals surface area contributed by atoms with Crippen LogP contribution in [0.25, 0.3) is 0 Å². The Morgan fingerprint density at radius 2 is 2.25 bits per heavy atom. The van der Waals surface area contributed by atoms with E-state index in [0.717, 1.165) is 7.11 Å². The molecular formula is C8H8O4. The van der Waals surface area contributed by atoms with Gasteiger partial charge in [-0.25, -0.2) is 0 Å². The molecule has 1 aliphatic rings. The molecule has 0 saturated carbocycles. The normalized spacial score (nSPS) is 22.6. The molecule has 0 aromatic carbocycles. The fraction of sp³-hybridized carbons (Fsp3) is 0.375. The molecule has 12 heavy (non-hydrogen) atoms. The minimum atomic E-state index is -1.22. The summed E-state index contributed by atoms with van der Waals surface area (Å²) in [5, 5.41) is 0. The van der Waals surface area contributed by atoms with Gasteiger partial charge >= 0.3 is 5.97 Å². The van der Waals surface area contributed by atoms with Crippen molar-refractivity contribution in [2.75, 3.05) is 7.11 Å². The number of carbonyl (C=O) groups is 3. The highest BCUT2D eigenvalue weighted by atomic mass is 16.5. The topological polar surface area (TPSA) is 60.4 Å². The molecule has 0 fully saturated rings. The highest BCUT2D eigenvalue weighted by Gasteiger charge is 2.34. The second-order valence-electron chi connectivity index (χ2n) is 2.43. The van der Waals surface area contributed by atoms with Crippen LogP contribution in [0.4, 0.5) is 0 Å². The summed E-state index contributed by atoms with van der Waals surface area (Å²) in [5.74, 6) is -2.87. The van der Waals surface area contributed by atoms with Gasteiger partial charge in [0.15, 0.2) is 17.5 Å². The number of allylic oxidation sites excluding steroid dienone is 2. The standard InChI is InChI=1S/C8H8O4/c1-12-8(11)7-5(9)3-2-4-6(7)10/h2-3,7H,4H2,1H3. The summed E-state index contributed by atoms with van der Waals surface area (Å²) < 4.78 is 4.32. The Labute approximate surface area is 69.2 Å². The van der Waals surface area contributed by atoms with Crippen LogP contribution in [0.1, 0.15) is 6.42 Å². The molecule has 0 N–H and O–H groups in total. The SMILES string of the molecule is COC(=O)C1C(=O)C=CCC1=O. The molecular weight excluding hydrogens is 160 g/mol. The second-order valence-corrected chi connectivity index (χ2v) is 2.43. The molecule has 1 unspecified atom stereocenters. The van der Waals surface area contributed by atoms with Crippen LogP contribution < -0.4 is 0 Å². The monoisotopic (exact) mass is 168 g/mol. The van der Waals surface area contributed by atoms with E-state index in [1.54, 1.807) is 0 Å². The maximum Gasteiger partial charge on any atom is 0.324 e. The van der Waals surface area contributed by atoms with Crippen molar-refractivity contribution < 1.29 is 19.1 Å². The molecule has 0 spiro atoms. The van der Waals surface area contributed by atoms with Gasteiger partial charge in [-0.3, -0.25) is 14.4 Å². The van der Waals surface area contributed by atoms with Crippen LogP contribution in [-0.4, -0.2) is 24.6 Å². The Bertz CT molecular complexity index is 264. The first-order chi connectivity index (χ1) is 5.66. The quantitative estimate of drug-likeness (QED) is 0.404. The van der Waals surface area contributed by atoms with Gasteiger partial charge in [0.25, 0.3) is 0 Å². The number of ketones is 2. The van der Waals surface area contributed by atoms with Crippen molar-refractivity contribution in [2.24, 2.45) is 5.92 Å². The van der Waals surface area contributed by atoms with E-state index in [-0.39, 0.29) is 6.42 Å². The highest BCUT2D eigenvalue weighted by Crippen LogP contribution is 2.12. The van der Waals surface area contributed by atoms with Gasteiger partial charge in [-0.05, 0) is 6.08 Å². The number of esters is 1. The summed E-state index contributed by atoms with van der Waals surface area (Å²) in [6, 6.07) is 0. The Balaban J connectivity index is 2.87. The number of carbonyl (C=O) groups excluding carboxylic acids is 3. The molecule has 4 nitrogen and oxygen atoms in total. The van der Waals surface area contributed by atoms with E-state index in [4.69, 9.17) is 0 Å². The van der Waals surface area contributed by atoms with Crippen molar-refractivity contribution in [3.05, 3.63) is 12.2 Å². The lowest BCUT2D eigenvalue weighted by Gasteiger charge is -2.12. The molecule has 0 aromatic heterocycles. The van der Waals surface area contributed by atoms with Crippen molar-refractivity contribution in [3.8, 4) is 0 Å². The highest BCUT2D eigenvalue weighted by molar-refractivity contribution is 6.22. The summed E-state index contributed by atoms with van der Waals surface area (Å²) in [6.07, 6.45) is 2.82. The van der Waals surface area contributed by atoms with Gasteiger partial charge < -0.3 is 4.74 Å². The minimum absolute atomic E-state index is 0.130. The van der Waals surface area contributed by atoms with Crippen LogP contribution >= 0.6 is 0 Å². The lowest BCUT2D eigenvalue weighted by molar-refractivity contribution is -0.152. The molecule has 64 valence electrons. The molecule has 4 heteroatoms. The second kappa shape index (κ2) is 3.30. The van der Waals surface area contributed by atoms with Gasteiger partial charge in [-0.15, -0.1) is 0 Å². The predicted octanol–water partition coefficient (Wildman–Crippen LogP) is -0.126. The molecule has 0 saturated heterocycles. The van der Waals surface area contributed by atoms with Crippen molar-refractivity contribution in [2.45, 2.75) is 6.42 Å². The fourth-order valence-corrected chi connectivity index (χ4v) is 1.03. The number of methoxy groups -OCH3 is 1. The summed E-state index contributed by atoms with van der Waals surface area (Å²) in [7, 11) is 1.15. The maximum atomic E-state index is 11.0. The largest absolute Gasteiger partial charge is 0.468 e. The van der Waals surface area contributed by atoms with Crippen molar-refractivity contribution in [1.82, 2.24) is 0 Å². The van der Waals surface area contributed by atoms with Gasteiger partial charge in [0.05, 0.1) is 7.11 Å². The number of Topliss-reactive ketones (excluding diaryl/α,β-unsaturated/α-hetero) is 1. The van der Waals surface area contributed by atoms with Crippen LogP contribution in [0.5, 0.6) is 0 Å². The minimum Gasteiger partial charge on any atom is -0.468 e. The molecule has 0 bridgehead atoms.